The van der Waals surface area contributed by atoms with E-state index in [0.717, 1.165) is 28.1 Å². The molecule has 10 heteroatoms. The van der Waals surface area contributed by atoms with E-state index in [2.05, 4.69) is 20.6 Å². The number of non-ortho nitro benzene ring substituents is 1. The Kier molecular flexibility index (Phi) is 8.12. The number of nitrogens with one attached hydrogen (secondary N) is 3. The Labute approximate surface area is 203 Å². The lowest BCUT2D eigenvalue weighted by molar-refractivity contribution is -0.384. The van der Waals surface area contributed by atoms with Crippen LogP contribution in [0.1, 0.15) is 19.4 Å². The van der Waals surface area contributed by atoms with Gasteiger partial charge in [0, 0.05) is 48.1 Å². The van der Waals surface area contributed by atoms with Gasteiger partial charge in [0.1, 0.15) is 11.7 Å². The molecular formula is C25H28N8O2. The molecule has 180 valence electrons. The second-order valence-electron chi connectivity index (χ2n) is 8.06. The van der Waals surface area contributed by atoms with Crippen LogP contribution in [0.5, 0.6) is 0 Å². The first-order valence-electron chi connectivity index (χ1n) is 10.9. The first kappa shape index (κ1) is 24.9. The lowest BCUT2D eigenvalue weighted by atomic mass is 10.0. The monoisotopic (exact) mass is 472 g/mol. The molecular weight excluding hydrogens is 444 g/mol. The molecule has 7 N–H and O–H groups in total. The molecule has 0 unspecified atom stereocenters. The summed E-state index contributed by atoms with van der Waals surface area (Å²) < 4.78 is 0. The van der Waals surface area contributed by atoms with Crippen molar-refractivity contribution < 1.29 is 4.92 Å². The highest BCUT2D eigenvalue weighted by atomic mass is 16.6. The van der Waals surface area contributed by atoms with Crippen LogP contribution in [0.15, 0.2) is 105 Å². The normalized spacial score (nSPS) is 16.5. The Bertz CT molecular complexity index is 1260. The van der Waals surface area contributed by atoms with Gasteiger partial charge in [-0.05, 0) is 41.4 Å². The molecule has 1 aromatic carbocycles. The molecule has 0 radical (unpaired) electrons. The first-order chi connectivity index (χ1) is 16.8. The standard InChI is InChI=1S/C25H28N8O2/c1-16(2)18(11-26)10-24(28)32-25-7-6-22-23(31-25)9-19(15-30-22)20(12-27)14-29-13-17-4-3-5-21(8-17)33(34)35/h3-12,14-16,26,30-31H,13,27H2,1-2H3,(H2,28,32). The van der Waals surface area contributed by atoms with Gasteiger partial charge in [0.05, 0.1) is 22.9 Å². The number of hydrogen-bond donors (Lipinski definition) is 5. The summed E-state index contributed by atoms with van der Waals surface area (Å²) in [7, 11) is 0. The van der Waals surface area contributed by atoms with Gasteiger partial charge in [0.2, 0.25) is 0 Å². The van der Waals surface area contributed by atoms with Crippen LogP contribution in [-0.4, -0.2) is 23.2 Å². The van der Waals surface area contributed by atoms with E-state index in [1.54, 1.807) is 30.5 Å². The molecule has 0 saturated carbocycles. The number of nitrogens with two attached hydrogens (primary N) is 2. The third kappa shape index (κ3) is 6.64. The molecule has 0 bridgehead atoms. The second-order valence-corrected chi connectivity index (χ2v) is 8.06. The van der Waals surface area contributed by atoms with Crippen LogP contribution < -0.4 is 22.1 Å². The van der Waals surface area contributed by atoms with Crippen LogP contribution in [-0.2, 0) is 6.54 Å². The molecule has 0 aliphatic carbocycles. The molecule has 0 aromatic heterocycles. The molecule has 0 atom stereocenters. The molecule has 0 amide bonds. The number of rotatable bonds is 9. The van der Waals surface area contributed by atoms with Gasteiger partial charge in [-0.2, -0.15) is 0 Å². The van der Waals surface area contributed by atoms with Gasteiger partial charge >= 0.3 is 0 Å². The molecule has 0 saturated heterocycles. The Morgan fingerprint density at radius 1 is 1.29 bits per heavy atom. The topological polar surface area (TPSA) is 168 Å². The minimum absolute atomic E-state index is 0.0276. The molecule has 10 nitrogen and oxygen atoms in total. The van der Waals surface area contributed by atoms with E-state index in [1.807, 2.05) is 32.2 Å². The van der Waals surface area contributed by atoms with Crippen LogP contribution >= 0.6 is 0 Å². The zero-order valence-corrected chi connectivity index (χ0v) is 19.5. The van der Waals surface area contributed by atoms with Crippen molar-refractivity contribution >= 4 is 24.0 Å². The summed E-state index contributed by atoms with van der Waals surface area (Å²) in [6.45, 7) is 4.25. The summed E-state index contributed by atoms with van der Waals surface area (Å²) in [5.74, 6) is 1.02. The summed E-state index contributed by atoms with van der Waals surface area (Å²) in [6, 6.07) is 6.36. The maximum atomic E-state index is 11.0. The maximum Gasteiger partial charge on any atom is 0.269 e. The molecule has 0 fully saturated rings. The highest BCUT2D eigenvalue weighted by Crippen LogP contribution is 2.23. The highest BCUT2D eigenvalue weighted by Gasteiger charge is 2.16. The van der Waals surface area contributed by atoms with Gasteiger partial charge in [-0.15, -0.1) is 0 Å². The Morgan fingerprint density at radius 3 is 2.77 bits per heavy atom. The van der Waals surface area contributed by atoms with Crippen molar-refractivity contribution in [3.05, 3.63) is 111 Å². The predicted molar refractivity (Wildman–Crippen MR) is 139 cm³/mol. The summed E-state index contributed by atoms with van der Waals surface area (Å²) >= 11 is 0. The van der Waals surface area contributed by atoms with E-state index in [1.165, 1.54) is 24.5 Å². The molecule has 1 aromatic rings. The van der Waals surface area contributed by atoms with Crippen LogP contribution in [0.3, 0.4) is 0 Å². The number of amidine groups is 1. The van der Waals surface area contributed by atoms with Gasteiger partial charge in [-0.25, -0.2) is 4.99 Å². The third-order valence-electron chi connectivity index (χ3n) is 5.18. The smallest absolute Gasteiger partial charge is 0.269 e. The average Bonchev–Trinajstić information content (AvgIpc) is 2.84. The largest absolute Gasteiger partial charge is 0.404 e. The fraction of sp³-hybridized carbons (Fsp3) is 0.160. The van der Waals surface area contributed by atoms with Crippen LogP contribution in [0.4, 0.5) is 5.69 Å². The fourth-order valence-corrected chi connectivity index (χ4v) is 3.27. The van der Waals surface area contributed by atoms with Gasteiger partial charge in [0.15, 0.2) is 0 Å². The van der Waals surface area contributed by atoms with Crippen molar-refractivity contribution in [3.63, 3.8) is 0 Å². The fourth-order valence-electron chi connectivity index (χ4n) is 3.27. The summed E-state index contributed by atoms with van der Waals surface area (Å²) in [4.78, 5) is 19.3. The lowest BCUT2D eigenvalue weighted by Crippen LogP contribution is -2.27. The lowest BCUT2D eigenvalue weighted by Gasteiger charge is -2.23. The van der Waals surface area contributed by atoms with Gasteiger partial charge < -0.3 is 27.5 Å². The van der Waals surface area contributed by atoms with Crippen molar-refractivity contribution in [2.45, 2.75) is 20.4 Å². The molecule has 2 aliphatic rings. The summed E-state index contributed by atoms with van der Waals surface area (Å²) in [5, 5.41) is 24.9. The number of nitrogens with zero attached hydrogens (tertiary/aromatic N) is 3. The SMILES string of the molecule is CC(C)C(C=N)=CC(N)=NC1=CC=C2NC=C(C(C=NCc3cccc([N+](=O)[O-])c3)=CN)C=C2N1. The van der Waals surface area contributed by atoms with Crippen LogP contribution in [0.2, 0.25) is 0 Å². The number of aliphatic imine (C=N–C) groups is 2. The van der Waals surface area contributed by atoms with E-state index < -0.39 is 4.92 Å². The number of dihydropyridines is 2. The van der Waals surface area contributed by atoms with E-state index in [9.17, 15) is 10.1 Å². The number of nitro groups is 1. The van der Waals surface area contributed by atoms with E-state index >= 15 is 0 Å². The third-order valence-corrected chi connectivity index (χ3v) is 5.18. The highest BCUT2D eigenvalue weighted by molar-refractivity contribution is 5.97. The van der Waals surface area contributed by atoms with Gasteiger partial charge in [0.25, 0.3) is 5.69 Å². The second kappa shape index (κ2) is 11.4. The van der Waals surface area contributed by atoms with Crippen molar-refractivity contribution in [2.24, 2.45) is 27.4 Å². The number of fused-ring (bicyclic) bond motifs is 1. The van der Waals surface area contributed by atoms with E-state index in [-0.39, 0.29) is 18.2 Å². The minimum Gasteiger partial charge on any atom is -0.404 e. The zero-order valence-electron chi connectivity index (χ0n) is 19.5. The van der Waals surface area contributed by atoms with Crippen molar-refractivity contribution in [1.29, 1.82) is 5.41 Å². The van der Waals surface area contributed by atoms with Gasteiger partial charge in [-0.1, -0.05) is 26.0 Å². The molecule has 3 rings (SSSR count). The van der Waals surface area contributed by atoms with Crippen molar-refractivity contribution in [2.75, 3.05) is 0 Å². The number of benzene rings is 1. The van der Waals surface area contributed by atoms with Crippen molar-refractivity contribution in [3.8, 4) is 0 Å². The maximum absolute atomic E-state index is 11.0. The van der Waals surface area contributed by atoms with Crippen molar-refractivity contribution in [1.82, 2.24) is 10.6 Å². The van der Waals surface area contributed by atoms with E-state index in [0.29, 0.717) is 17.2 Å². The van der Waals surface area contributed by atoms with Crippen LogP contribution in [0, 0.1) is 21.4 Å². The number of nitro benzene ring substituents is 1. The quantitative estimate of drug-likeness (QED) is 0.160. The first-order valence-corrected chi connectivity index (χ1v) is 10.9. The zero-order chi connectivity index (χ0) is 25.4. The number of hydrogen-bond acceptors (Lipinski definition) is 8. The number of allylic oxidation sites excluding steroid dienone is 6. The Morgan fingerprint density at radius 2 is 2.09 bits per heavy atom. The summed E-state index contributed by atoms with van der Waals surface area (Å²) in [6.07, 6.45) is 13.4. The predicted octanol–water partition coefficient (Wildman–Crippen LogP) is 3.30. The van der Waals surface area contributed by atoms with Gasteiger partial charge in [-0.3, -0.25) is 15.1 Å². The molecule has 2 aliphatic heterocycles. The van der Waals surface area contributed by atoms with Crippen LogP contribution in [0.25, 0.3) is 0 Å². The van der Waals surface area contributed by atoms with E-state index in [4.69, 9.17) is 16.9 Å². The molecule has 0 spiro atoms. The Balaban J connectivity index is 1.72. The summed E-state index contributed by atoms with van der Waals surface area (Å²) in [5.41, 5.74) is 16.5. The average molecular weight is 473 g/mol. The molecule has 35 heavy (non-hydrogen) atoms. The Hall–Kier alpha value is -4.73. The molecule has 2 heterocycles. The minimum atomic E-state index is -0.431.